The number of imidazole rings is 1. The van der Waals surface area contributed by atoms with Gasteiger partial charge in [-0.15, -0.1) is 11.3 Å². The number of carboxylic acid groups (broad SMARTS) is 1. The molecular formula is C29H31ClFN5O4S. The number of aryl methyl sites for hydroxylation is 1. The Hall–Kier alpha value is -3.41. The number of aliphatic carboxylic acids is 1. The summed E-state index contributed by atoms with van der Waals surface area (Å²) >= 11 is 7.13. The van der Waals surface area contributed by atoms with Crippen LogP contribution >= 0.6 is 22.9 Å². The van der Waals surface area contributed by atoms with Gasteiger partial charge >= 0.3 is 5.97 Å². The van der Waals surface area contributed by atoms with Crippen molar-refractivity contribution in [2.45, 2.75) is 51.7 Å². The monoisotopic (exact) mass is 599 g/mol. The molecule has 1 N–H and O–H groups in total. The van der Waals surface area contributed by atoms with Crippen LogP contribution in [0.25, 0.3) is 0 Å². The highest BCUT2D eigenvalue weighted by Crippen LogP contribution is 2.30. The van der Waals surface area contributed by atoms with Crippen molar-refractivity contribution in [2.75, 3.05) is 19.7 Å². The van der Waals surface area contributed by atoms with Gasteiger partial charge in [0.05, 0.1) is 18.3 Å². The molecule has 41 heavy (non-hydrogen) atoms. The molecule has 0 spiro atoms. The van der Waals surface area contributed by atoms with E-state index in [9.17, 15) is 19.1 Å². The van der Waals surface area contributed by atoms with Crippen LogP contribution in [0.1, 0.15) is 51.0 Å². The molecule has 0 radical (unpaired) electrons. The average Bonchev–Trinajstić information content (AvgIpc) is 3.50. The van der Waals surface area contributed by atoms with E-state index in [1.165, 1.54) is 23.5 Å². The van der Waals surface area contributed by atoms with Crippen molar-refractivity contribution >= 4 is 46.3 Å². The molecule has 0 aliphatic carbocycles. The number of aromatic nitrogens is 3. The third-order valence-corrected chi connectivity index (χ3v) is 8.72. The summed E-state index contributed by atoms with van der Waals surface area (Å²) in [6.45, 7) is 7.87. The number of hydrogen-bond donors (Lipinski definition) is 1. The number of carboxylic acids is 1. The summed E-state index contributed by atoms with van der Waals surface area (Å²) in [5.41, 5.74) is 1.03. The van der Waals surface area contributed by atoms with Crippen LogP contribution in [0.5, 0.6) is 0 Å². The minimum absolute atomic E-state index is 0.0483. The third-order valence-electron chi connectivity index (χ3n) is 7.50. The predicted octanol–water partition coefficient (Wildman–Crippen LogP) is 5.26. The molecular weight excluding hydrogens is 569 g/mol. The van der Waals surface area contributed by atoms with Crippen LogP contribution in [-0.2, 0) is 28.9 Å². The second-order valence-electron chi connectivity index (χ2n) is 10.3. The minimum Gasteiger partial charge on any atom is -0.477 e. The zero-order valence-electron chi connectivity index (χ0n) is 22.7. The summed E-state index contributed by atoms with van der Waals surface area (Å²) in [7, 11) is 0. The fraction of sp³-hybridized carbons (Fsp3) is 0.414. The first-order valence-corrected chi connectivity index (χ1v) is 14.7. The molecule has 2 aliphatic heterocycles. The molecule has 2 aromatic heterocycles. The SMILES string of the molecule is C=CC(=Nc1c(C)nc(CC2CCN(C(=O)c3ncc(Cc4ccc(Cl)cc4F)s3)CC2)n1C[C@@H]1CCO1)C(=O)O. The first kappa shape index (κ1) is 29.1. The maximum absolute atomic E-state index is 14.2. The molecule has 12 heteroatoms. The van der Waals surface area contributed by atoms with Crippen molar-refractivity contribution in [1.82, 2.24) is 19.4 Å². The van der Waals surface area contributed by atoms with Gasteiger partial charge in [-0.05, 0) is 55.9 Å². The molecule has 2 aliphatic rings. The van der Waals surface area contributed by atoms with Gasteiger partial charge in [0.25, 0.3) is 5.91 Å². The quantitative estimate of drug-likeness (QED) is 0.318. The second kappa shape index (κ2) is 12.6. The highest BCUT2D eigenvalue weighted by atomic mass is 35.5. The molecule has 216 valence electrons. The zero-order chi connectivity index (χ0) is 29.1. The normalized spacial score (nSPS) is 17.9. The number of likely N-dealkylation sites (tertiary alicyclic amines) is 1. The van der Waals surface area contributed by atoms with Crippen molar-refractivity contribution in [1.29, 1.82) is 0 Å². The molecule has 1 aromatic carbocycles. The van der Waals surface area contributed by atoms with Gasteiger partial charge in [0.2, 0.25) is 0 Å². The Balaban J connectivity index is 1.23. The Kier molecular flexibility index (Phi) is 8.96. The van der Waals surface area contributed by atoms with E-state index in [0.717, 1.165) is 30.0 Å². The Morgan fingerprint density at radius 2 is 2.07 bits per heavy atom. The fourth-order valence-electron chi connectivity index (χ4n) is 5.11. The Bertz CT molecular complexity index is 1490. The number of hydrogen-bond acceptors (Lipinski definition) is 7. The molecule has 0 saturated carbocycles. The lowest BCUT2D eigenvalue weighted by Crippen LogP contribution is -2.39. The molecule has 3 aromatic rings. The minimum atomic E-state index is -1.14. The molecule has 2 fully saturated rings. The highest BCUT2D eigenvalue weighted by molar-refractivity contribution is 7.13. The van der Waals surface area contributed by atoms with E-state index >= 15 is 0 Å². The number of carbonyl (C=O) groups is 2. The van der Waals surface area contributed by atoms with Gasteiger partial charge in [0, 0.05) is 48.6 Å². The zero-order valence-corrected chi connectivity index (χ0v) is 24.3. The van der Waals surface area contributed by atoms with E-state index in [4.69, 9.17) is 21.3 Å². The van der Waals surface area contributed by atoms with Crippen LogP contribution < -0.4 is 0 Å². The van der Waals surface area contributed by atoms with Crippen molar-refractivity contribution in [3.63, 3.8) is 0 Å². The van der Waals surface area contributed by atoms with Crippen LogP contribution in [0.2, 0.25) is 5.02 Å². The van der Waals surface area contributed by atoms with Gasteiger partial charge in [-0.1, -0.05) is 24.2 Å². The molecule has 1 amide bonds. The number of nitrogens with zero attached hydrogens (tertiary/aromatic N) is 5. The largest absolute Gasteiger partial charge is 0.477 e. The summed E-state index contributed by atoms with van der Waals surface area (Å²) in [6, 6.07) is 4.58. The maximum atomic E-state index is 14.2. The summed E-state index contributed by atoms with van der Waals surface area (Å²) in [5.74, 6) is 0.0246. The Morgan fingerprint density at radius 3 is 2.71 bits per heavy atom. The summed E-state index contributed by atoms with van der Waals surface area (Å²) in [4.78, 5) is 40.8. The van der Waals surface area contributed by atoms with Gasteiger partial charge < -0.3 is 19.3 Å². The summed E-state index contributed by atoms with van der Waals surface area (Å²) < 4.78 is 21.8. The number of halogens is 2. The smallest absolute Gasteiger partial charge is 0.354 e. The van der Waals surface area contributed by atoms with Gasteiger partial charge in [-0.3, -0.25) is 4.79 Å². The van der Waals surface area contributed by atoms with E-state index in [2.05, 4.69) is 16.6 Å². The van der Waals surface area contributed by atoms with Gasteiger partial charge in [0.15, 0.2) is 10.8 Å². The van der Waals surface area contributed by atoms with Crippen molar-refractivity contribution in [3.05, 3.63) is 74.9 Å². The molecule has 4 heterocycles. The lowest BCUT2D eigenvalue weighted by molar-refractivity contribution is -0.129. The number of piperidine rings is 1. The van der Waals surface area contributed by atoms with Gasteiger partial charge in [0.1, 0.15) is 17.4 Å². The van der Waals surface area contributed by atoms with E-state index in [0.29, 0.717) is 72.1 Å². The Labute approximate surface area is 246 Å². The summed E-state index contributed by atoms with van der Waals surface area (Å²) in [5, 5.41) is 10.2. The van der Waals surface area contributed by atoms with E-state index < -0.39 is 5.97 Å². The number of rotatable bonds is 10. The van der Waals surface area contributed by atoms with Crippen molar-refractivity contribution in [3.8, 4) is 0 Å². The molecule has 0 bridgehead atoms. The first-order valence-electron chi connectivity index (χ1n) is 13.5. The van der Waals surface area contributed by atoms with Crippen molar-refractivity contribution < 1.29 is 23.8 Å². The number of aliphatic imine (C=N–C) groups is 1. The number of amides is 1. The second-order valence-corrected chi connectivity index (χ2v) is 11.9. The number of ether oxygens (including phenoxy) is 1. The lowest BCUT2D eigenvalue weighted by atomic mass is 9.93. The van der Waals surface area contributed by atoms with Crippen LogP contribution in [0.3, 0.4) is 0 Å². The predicted molar refractivity (Wildman–Crippen MR) is 155 cm³/mol. The van der Waals surface area contributed by atoms with E-state index in [1.54, 1.807) is 18.3 Å². The first-order chi connectivity index (χ1) is 19.7. The molecule has 9 nitrogen and oxygen atoms in total. The van der Waals surface area contributed by atoms with Gasteiger partial charge in [-0.25, -0.2) is 24.1 Å². The molecule has 2 saturated heterocycles. The molecule has 0 unspecified atom stereocenters. The van der Waals surface area contributed by atoms with Crippen molar-refractivity contribution in [2.24, 2.45) is 10.9 Å². The molecule has 5 rings (SSSR count). The average molecular weight is 600 g/mol. The van der Waals surface area contributed by atoms with Crippen LogP contribution in [0.15, 0.2) is 42.0 Å². The summed E-state index contributed by atoms with van der Waals surface area (Å²) in [6.07, 6.45) is 6.49. The van der Waals surface area contributed by atoms with Gasteiger partial charge in [-0.2, -0.15) is 0 Å². The van der Waals surface area contributed by atoms with Crippen LogP contribution in [0.4, 0.5) is 10.2 Å². The number of benzene rings is 1. The standard InChI is InChI=1S/C29H31ClFN5O4S/c1-3-24(29(38)39)34-26-17(2)33-25(36(26)16-21-8-11-40-21)12-18-6-9-35(10-7-18)28(37)27-32-15-22(41-27)13-19-4-5-20(30)14-23(19)31/h3-5,14-15,18,21H,1,6-13,16H2,2H3,(H,38,39)/t21-/m0/s1. The number of thiazole rings is 1. The van der Waals surface area contributed by atoms with E-state index in [-0.39, 0.29) is 23.5 Å². The number of carbonyl (C=O) groups excluding carboxylic acids is 1. The lowest BCUT2D eigenvalue weighted by Gasteiger charge is -2.32. The third kappa shape index (κ3) is 6.74. The molecule has 1 atom stereocenters. The van der Waals surface area contributed by atoms with E-state index in [1.807, 2.05) is 16.4 Å². The van der Waals surface area contributed by atoms with Crippen LogP contribution in [0, 0.1) is 18.7 Å². The Morgan fingerprint density at radius 1 is 1.32 bits per heavy atom. The fourth-order valence-corrected chi connectivity index (χ4v) is 6.17. The topological polar surface area (TPSA) is 110 Å². The maximum Gasteiger partial charge on any atom is 0.354 e. The van der Waals surface area contributed by atoms with Crippen LogP contribution in [-0.4, -0.2) is 67.9 Å². The highest BCUT2D eigenvalue weighted by Gasteiger charge is 2.29.